The summed E-state index contributed by atoms with van der Waals surface area (Å²) in [4.78, 5) is 38.1. The van der Waals surface area contributed by atoms with E-state index in [-0.39, 0.29) is 37.4 Å². The Morgan fingerprint density at radius 1 is 0.824 bits per heavy atom. The molecule has 6 heteroatoms. The minimum Gasteiger partial charge on any atom is -0.466 e. The summed E-state index contributed by atoms with van der Waals surface area (Å²) in [5.41, 5.74) is 2.34. The van der Waals surface area contributed by atoms with Crippen LogP contribution in [0.15, 0.2) is 91.0 Å². The molecule has 6 nitrogen and oxygen atoms in total. The van der Waals surface area contributed by atoms with Crippen molar-refractivity contribution in [1.82, 2.24) is 10.6 Å². The largest absolute Gasteiger partial charge is 0.466 e. The van der Waals surface area contributed by atoms with Crippen molar-refractivity contribution in [3.05, 3.63) is 108 Å². The van der Waals surface area contributed by atoms with E-state index >= 15 is 0 Å². The van der Waals surface area contributed by atoms with Crippen LogP contribution in [0.4, 0.5) is 0 Å². The lowest BCUT2D eigenvalue weighted by Crippen LogP contribution is -2.38. The first-order valence-electron chi connectivity index (χ1n) is 11.4. The van der Waals surface area contributed by atoms with E-state index in [4.69, 9.17) is 4.74 Å². The maximum Gasteiger partial charge on any atom is 0.311 e. The quantitative estimate of drug-likeness (QED) is 0.424. The SMILES string of the molecule is CCOC(=O)[C@@H](CNC(=O)C[C@H](NC(=O)c1ccccc1)c1ccccc1)Cc1ccccc1. The smallest absolute Gasteiger partial charge is 0.311 e. The zero-order valence-corrected chi connectivity index (χ0v) is 19.3. The normalized spacial score (nSPS) is 12.3. The van der Waals surface area contributed by atoms with Crippen LogP contribution in [0.25, 0.3) is 0 Å². The molecule has 0 aliphatic heterocycles. The second kappa shape index (κ2) is 12.9. The fraction of sp³-hybridized carbons (Fsp3) is 0.250. The number of amides is 2. The summed E-state index contributed by atoms with van der Waals surface area (Å²) in [6.07, 6.45) is 0.510. The van der Waals surface area contributed by atoms with Crippen LogP contribution in [0, 0.1) is 5.92 Å². The van der Waals surface area contributed by atoms with Crippen molar-refractivity contribution in [3.63, 3.8) is 0 Å². The highest BCUT2D eigenvalue weighted by Gasteiger charge is 2.23. The summed E-state index contributed by atoms with van der Waals surface area (Å²) >= 11 is 0. The number of hydrogen-bond donors (Lipinski definition) is 2. The van der Waals surface area contributed by atoms with Gasteiger partial charge in [0.15, 0.2) is 0 Å². The van der Waals surface area contributed by atoms with Gasteiger partial charge in [-0.2, -0.15) is 0 Å². The molecule has 2 N–H and O–H groups in total. The van der Waals surface area contributed by atoms with Gasteiger partial charge in [-0.1, -0.05) is 78.9 Å². The van der Waals surface area contributed by atoms with Gasteiger partial charge < -0.3 is 15.4 Å². The van der Waals surface area contributed by atoms with Gasteiger partial charge in [0.1, 0.15) is 0 Å². The van der Waals surface area contributed by atoms with Gasteiger partial charge in [0.05, 0.1) is 25.0 Å². The number of carbonyl (C=O) groups excluding carboxylic acids is 3. The molecule has 0 radical (unpaired) electrons. The van der Waals surface area contributed by atoms with Crippen molar-refractivity contribution in [1.29, 1.82) is 0 Å². The van der Waals surface area contributed by atoms with E-state index in [2.05, 4.69) is 10.6 Å². The van der Waals surface area contributed by atoms with Gasteiger partial charge in [-0.25, -0.2) is 0 Å². The van der Waals surface area contributed by atoms with Crippen molar-refractivity contribution in [2.75, 3.05) is 13.2 Å². The molecule has 176 valence electrons. The minimum atomic E-state index is -0.510. The molecule has 0 saturated carbocycles. The zero-order chi connectivity index (χ0) is 24.2. The Hall–Kier alpha value is -3.93. The van der Waals surface area contributed by atoms with Crippen molar-refractivity contribution in [2.45, 2.75) is 25.8 Å². The van der Waals surface area contributed by atoms with E-state index < -0.39 is 12.0 Å². The Morgan fingerprint density at radius 2 is 1.41 bits per heavy atom. The predicted molar refractivity (Wildman–Crippen MR) is 131 cm³/mol. The third-order valence-corrected chi connectivity index (χ3v) is 5.42. The van der Waals surface area contributed by atoms with Crippen LogP contribution in [-0.4, -0.2) is 30.9 Å². The van der Waals surface area contributed by atoms with E-state index in [9.17, 15) is 14.4 Å². The summed E-state index contributed by atoms with van der Waals surface area (Å²) in [6, 6.07) is 27.4. The Kier molecular flexibility index (Phi) is 9.40. The van der Waals surface area contributed by atoms with Crippen LogP contribution in [0.1, 0.15) is 40.9 Å². The highest BCUT2D eigenvalue weighted by Crippen LogP contribution is 2.18. The second-order valence-corrected chi connectivity index (χ2v) is 7.95. The maximum atomic E-state index is 12.9. The summed E-state index contributed by atoms with van der Waals surface area (Å²) in [5, 5.41) is 5.82. The molecular weight excluding hydrogens is 428 g/mol. The van der Waals surface area contributed by atoms with Gasteiger partial charge in [-0.3, -0.25) is 14.4 Å². The highest BCUT2D eigenvalue weighted by atomic mass is 16.5. The molecule has 0 saturated heterocycles. The fourth-order valence-electron chi connectivity index (χ4n) is 3.66. The van der Waals surface area contributed by atoms with Crippen molar-refractivity contribution < 1.29 is 19.1 Å². The standard InChI is InChI=1S/C28H30N2O4/c1-2-34-28(33)24(18-21-12-6-3-7-13-21)20-29-26(31)19-25(22-14-8-4-9-15-22)30-27(32)23-16-10-5-11-17-23/h3-17,24-25H,2,18-20H2,1H3,(H,29,31)(H,30,32)/t24-,25+/m1/s1. The van der Waals surface area contributed by atoms with Crippen LogP contribution < -0.4 is 10.6 Å². The Balaban J connectivity index is 1.66. The molecule has 3 aromatic rings. The number of nitrogens with one attached hydrogen (secondary N) is 2. The molecule has 0 aliphatic rings. The molecule has 0 aliphatic carbocycles. The lowest BCUT2D eigenvalue weighted by Gasteiger charge is -2.21. The predicted octanol–water partition coefficient (Wildman–Crippen LogP) is 4.09. The lowest BCUT2D eigenvalue weighted by molar-refractivity contribution is -0.147. The summed E-state index contributed by atoms with van der Waals surface area (Å²) in [6.45, 7) is 2.19. The van der Waals surface area contributed by atoms with Gasteiger partial charge >= 0.3 is 5.97 Å². The topological polar surface area (TPSA) is 84.5 Å². The average molecular weight is 459 g/mol. The number of ether oxygens (including phenoxy) is 1. The first kappa shape index (κ1) is 24.7. The molecular formula is C28H30N2O4. The molecule has 2 atom stereocenters. The minimum absolute atomic E-state index is 0.0451. The lowest BCUT2D eigenvalue weighted by atomic mass is 9.98. The number of benzene rings is 3. The van der Waals surface area contributed by atoms with Crippen molar-refractivity contribution in [2.24, 2.45) is 5.92 Å². The van der Waals surface area contributed by atoms with E-state index in [0.29, 0.717) is 12.0 Å². The molecule has 0 spiro atoms. The maximum absolute atomic E-state index is 12.9. The van der Waals surface area contributed by atoms with Crippen molar-refractivity contribution >= 4 is 17.8 Å². The third kappa shape index (κ3) is 7.59. The molecule has 0 heterocycles. The highest BCUT2D eigenvalue weighted by molar-refractivity contribution is 5.94. The summed E-state index contributed by atoms with van der Waals surface area (Å²) in [5.74, 6) is -1.36. The first-order valence-corrected chi connectivity index (χ1v) is 11.4. The van der Waals surface area contributed by atoms with Gasteiger partial charge in [0, 0.05) is 12.1 Å². The summed E-state index contributed by atoms with van der Waals surface area (Å²) < 4.78 is 5.21. The molecule has 0 fully saturated rings. The van der Waals surface area contributed by atoms with E-state index in [0.717, 1.165) is 11.1 Å². The number of hydrogen-bond acceptors (Lipinski definition) is 4. The average Bonchev–Trinajstić information content (AvgIpc) is 2.88. The van der Waals surface area contributed by atoms with Gasteiger partial charge in [-0.15, -0.1) is 0 Å². The third-order valence-electron chi connectivity index (χ3n) is 5.42. The van der Waals surface area contributed by atoms with Crippen LogP contribution >= 0.6 is 0 Å². The molecule has 0 bridgehead atoms. The van der Waals surface area contributed by atoms with Crippen LogP contribution in [0.2, 0.25) is 0 Å². The van der Waals surface area contributed by atoms with E-state index in [1.807, 2.05) is 66.7 Å². The van der Waals surface area contributed by atoms with E-state index in [1.54, 1.807) is 31.2 Å². The number of esters is 1. The molecule has 34 heavy (non-hydrogen) atoms. The van der Waals surface area contributed by atoms with Crippen LogP contribution in [-0.2, 0) is 20.7 Å². The molecule has 2 amide bonds. The molecule has 0 aromatic heterocycles. The second-order valence-electron chi connectivity index (χ2n) is 7.95. The molecule has 0 unspecified atom stereocenters. The molecule has 3 aromatic carbocycles. The Morgan fingerprint density at radius 3 is 2.03 bits per heavy atom. The van der Waals surface area contributed by atoms with Gasteiger partial charge in [0.2, 0.25) is 5.91 Å². The zero-order valence-electron chi connectivity index (χ0n) is 19.3. The van der Waals surface area contributed by atoms with E-state index in [1.165, 1.54) is 0 Å². The van der Waals surface area contributed by atoms with Crippen LogP contribution in [0.5, 0.6) is 0 Å². The van der Waals surface area contributed by atoms with Gasteiger partial charge in [0.25, 0.3) is 5.91 Å². The van der Waals surface area contributed by atoms with Crippen molar-refractivity contribution in [3.8, 4) is 0 Å². The number of carbonyl (C=O) groups is 3. The summed E-state index contributed by atoms with van der Waals surface area (Å²) in [7, 11) is 0. The molecule has 3 rings (SSSR count). The van der Waals surface area contributed by atoms with Crippen LogP contribution in [0.3, 0.4) is 0 Å². The Labute approximate surface area is 200 Å². The first-order chi connectivity index (χ1) is 16.6. The number of rotatable bonds is 11. The fourth-order valence-corrected chi connectivity index (χ4v) is 3.66. The monoisotopic (exact) mass is 458 g/mol. The Bertz CT molecular complexity index is 1060. The van der Waals surface area contributed by atoms with Gasteiger partial charge in [-0.05, 0) is 36.6 Å².